The number of thiophene rings is 1. The zero-order chi connectivity index (χ0) is 14.4. The predicted molar refractivity (Wildman–Crippen MR) is 85.6 cm³/mol. The molecule has 0 spiro atoms. The van der Waals surface area contributed by atoms with Crippen LogP contribution in [0.3, 0.4) is 0 Å². The second-order valence-electron chi connectivity index (χ2n) is 4.32. The fourth-order valence-electron chi connectivity index (χ4n) is 1.35. The minimum atomic E-state index is 0.0111. The molecule has 0 unspecified atom stereocenters. The Hall–Kier alpha value is -1.12. The van der Waals surface area contributed by atoms with Crippen molar-refractivity contribution < 1.29 is 4.79 Å². The molecule has 0 aliphatic rings. The number of carbonyl (C=O) groups is 1. The van der Waals surface area contributed by atoms with Gasteiger partial charge in [-0.1, -0.05) is 29.2 Å². The van der Waals surface area contributed by atoms with Crippen molar-refractivity contribution >= 4 is 45.5 Å². The molecule has 0 aromatic carbocycles. The Morgan fingerprint density at radius 2 is 2.30 bits per heavy atom. The van der Waals surface area contributed by atoms with E-state index >= 15 is 0 Å². The van der Waals surface area contributed by atoms with Gasteiger partial charge in [0.15, 0.2) is 4.34 Å². The van der Waals surface area contributed by atoms with E-state index in [2.05, 4.69) is 20.8 Å². The standard InChI is InChI=1S/C12H16N4OS3/c1-8(2)14-11-15-16-12(20-11)19-7-10(17)13-6-9-4-3-5-18-9/h3-5,8H,6-7H2,1-2H3,(H,13,17)(H,14,15). The minimum Gasteiger partial charge on any atom is -0.358 e. The molecular formula is C12H16N4OS3. The molecule has 0 radical (unpaired) electrons. The fourth-order valence-corrected chi connectivity index (χ4v) is 3.72. The molecule has 5 nitrogen and oxygen atoms in total. The number of thioether (sulfide) groups is 1. The summed E-state index contributed by atoms with van der Waals surface area (Å²) in [4.78, 5) is 12.9. The summed E-state index contributed by atoms with van der Waals surface area (Å²) >= 11 is 4.52. The molecule has 0 saturated heterocycles. The first kappa shape index (κ1) is 15.3. The van der Waals surface area contributed by atoms with Gasteiger partial charge in [-0.2, -0.15) is 0 Å². The molecule has 2 heterocycles. The van der Waals surface area contributed by atoms with Crippen molar-refractivity contribution in [2.45, 2.75) is 30.8 Å². The van der Waals surface area contributed by atoms with Gasteiger partial charge in [0.1, 0.15) is 0 Å². The molecule has 0 fully saturated rings. The maximum Gasteiger partial charge on any atom is 0.230 e. The summed E-state index contributed by atoms with van der Waals surface area (Å²) in [5.74, 6) is 0.374. The zero-order valence-electron chi connectivity index (χ0n) is 11.3. The summed E-state index contributed by atoms with van der Waals surface area (Å²) in [5.41, 5.74) is 0. The third-order valence-corrected chi connectivity index (χ3v) is 5.05. The number of nitrogens with one attached hydrogen (secondary N) is 2. The Bertz CT molecular complexity index is 539. The van der Waals surface area contributed by atoms with Crippen LogP contribution in [0.5, 0.6) is 0 Å². The van der Waals surface area contributed by atoms with E-state index in [9.17, 15) is 4.79 Å². The van der Waals surface area contributed by atoms with Gasteiger partial charge >= 0.3 is 0 Å². The van der Waals surface area contributed by atoms with Crippen molar-refractivity contribution in [2.24, 2.45) is 0 Å². The van der Waals surface area contributed by atoms with Gasteiger partial charge in [0.2, 0.25) is 11.0 Å². The summed E-state index contributed by atoms with van der Waals surface area (Å²) in [6.07, 6.45) is 0. The number of anilines is 1. The van der Waals surface area contributed by atoms with E-state index in [0.717, 1.165) is 14.3 Å². The number of rotatable bonds is 7. The Kier molecular flexibility index (Phi) is 5.81. The van der Waals surface area contributed by atoms with Gasteiger partial charge in [0, 0.05) is 10.9 Å². The summed E-state index contributed by atoms with van der Waals surface area (Å²) in [6.45, 7) is 4.69. The molecule has 0 saturated carbocycles. The molecule has 2 aromatic rings. The van der Waals surface area contributed by atoms with Gasteiger partial charge in [-0.15, -0.1) is 21.5 Å². The smallest absolute Gasteiger partial charge is 0.230 e. The largest absolute Gasteiger partial charge is 0.358 e. The predicted octanol–water partition coefficient (Wildman–Crippen LogP) is 2.83. The van der Waals surface area contributed by atoms with Crippen LogP contribution in [0.25, 0.3) is 0 Å². The highest BCUT2D eigenvalue weighted by Crippen LogP contribution is 2.25. The monoisotopic (exact) mass is 328 g/mol. The number of amides is 1. The van der Waals surface area contributed by atoms with Crippen LogP contribution in [0.15, 0.2) is 21.9 Å². The van der Waals surface area contributed by atoms with Crippen LogP contribution < -0.4 is 10.6 Å². The highest BCUT2D eigenvalue weighted by molar-refractivity contribution is 8.01. The number of nitrogens with zero attached hydrogens (tertiary/aromatic N) is 2. The quantitative estimate of drug-likeness (QED) is 0.765. The first-order chi connectivity index (χ1) is 9.63. The first-order valence-electron chi connectivity index (χ1n) is 6.15. The van der Waals surface area contributed by atoms with Crippen LogP contribution in [0.2, 0.25) is 0 Å². The lowest BCUT2D eigenvalue weighted by Crippen LogP contribution is -2.24. The number of carbonyl (C=O) groups excluding carboxylic acids is 1. The molecule has 2 N–H and O–H groups in total. The summed E-state index contributed by atoms with van der Waals surface area (Å²) in [6, 6.07) is 4.31. The zero-order valence-corrected chi connectivity index (χ0v) is 13.7. The van der Waals surface area contributed by atoms with Crippen molar-refractivity contribution in [3.63, 3.8) is 0 Å². The number of hydrogen-bond donors (Lipinski definition) is 2. The first-order valence-corrected chi connectivity index (χ1v) is 8.83. The van der Waals surface area contributed by atoms with Gasteiger partial charge < -0.3 is 10.6 Å². The lowest BCUT2D eigenvalue weighted by molar-refractivity contribution is -0.118. The molecule has 8 heteroatoms. The van der Waals surface area contributed by atoms with Gasteiger partial charge in [-0.3, -0.25) is 4.79 Å². The highest BCUT2D eigenvalue weighted by atomic mass is 32.2. The molecule has 1 amide bonds. The van der Waals surface area contributed by atoms with Crippen molar-refractivity contribution in [3.05, 3.63) is 22.4 Å². The van der Waals surface area contributed by atoms with E-state index in [4.69, 9.17) is 0 Å². The molecule has 0 aliphatic heterocycles. The Balaban J connectivity index is 1.71. The third kappa shape index (κ3) is 5.10. The molecule has 2 rings (SSSR count). The van der Waals surface area contributed by atoms with E-state index in [1.165, 1.54) is 23.1 Å². The number of aromatic nitrogens is 2. The lowest BCUT2D eigenvalue weighted by Gasteiger charge is -2.03. The minimum absolute atomic E-state index is 0.0111. The fraction of sp³-hybridized carbons (Fsp3) is 0.417. The molecule has 108 valence electrons. The molecular weight excluding hydrogens is 312 g/mol. The second-order valence-corrected chi connectivity index (χ2v) is 7.55. The van der Waals surface area contributed by atoms with Gasteiger partial charge in [0.05, 0.1) is 12.3 Å². The van der Waals surface area contributed by atoms with E-state index < -0.39 is 0 Å². The van der Waals surface area contributed by atoms with E-state index in [1.807, 2.05) is 31.4 Å². The maximum atomic E-state index is 11.7. The molecule has 20 heavy (non-hydrogen) atoms. The van der Waals surface area contributed by atoms with Crippen LogP contribution in [0.4, 0.5) is 5.13 Å². The van der Waals surface area contributed by atoms with E-state index in [1.54, 1.807) is 11.3 Å². The van der Waals surface area contributed by atoms with Crippen LogP contribution in [-0.2, 0) is 11.3 Å². The highest BCUT2D eigenvalue weighted by Gasteiger charge is 2.08. The van der Waals surface area contributed by atoms with E-state index in [0.29, 0.717) is 18.3 Å². The van der Waals surface area contributed by atoms with Gasteiger partial charge in [0.25, 0.3) is 0 Å². The Morgan fingerprint density at radius 3 is 3.00 bits per heavy atom. The molecule has 0 aliphatic carbocycles. The number of hydrogen-bond acceptors (Lipinski definition) is 7. The third-order valence-electron chi connectivity index (χ3n) is 2.19. The summed E-state index contributed by atoms with van der Waals surface area (Å²) in [5, 5.41) is 16.9. The van der Waals surface area contributed by atoms with Crippen LogP contribution in [-0.4, -0.2) is 27.9 Å². The topological polar surface area (TPSA) is 66.9 Å². The second kappa shape index (κ2) is 7.61. The molecule has 0 bridgehead atoms. The van der Waals surface area contributed by atoms with Crippen LogP contribution in [0, 0.1) is 0 Å². The summed E-state index contributed by atoms with van der Waals surface area (Å²) in [7, 11) is 0. The normalized spacial score (nSPS) is 10.8. The Morgan fingerprint density at radius 1 is 1.45 bits per heavy atom. The van der Waals surface area contributed by atoms with Gasteiger partial charge in [-0.25, -0.2) is 0 Å². The molecule has 2 aromatic heterocycles. The van der Waals surface area contributed by atoms with Crippen LogP contribution >= 0.6 is 34.4 Å². The summed E-state index contributed by atoms with van der Waals surface area (Å²) < 4.78 is 0.805. The maximum absolute atomic E-state index is 11.7. The lowest BCUT2D eigenvalue weighted by atomic mass is 10.4. The van der Waals surface area contributed by atoms with Crippen molar-refractivity contribution in [1.29, 1.82) is 0 Å². The molecule has 0 atom stereocenters. The van der Waals surface area contributed by atoms with Crippen molar-refractivity contribution in [1.82, 2.24) is 15.5 Å². The Labute approximate surface area is 130 Å². The van der Waals surface area contributed by atoms with Crippen molar-refractivity contribution in [2.75, 3.05) is 11.1 Å². The van der Waals surface area contributed by atoms with E-state index in [-0.39, 0.29) is 5.91 Å². The van der Waals surface area contributed by atoms with Crippen LogP contribution in [0.1, 0.15) is 18.7 Å². The average Bonchev–Trinajstić information content (AvgIpc) is 3.04. The van der Waals surface area contributed by atoms with Gasteiger partial charge in [-0.05, 0) is 25.3 Å². The SMILES string of the molecule is CC(C)Nc1nnc(SCC(=O)NCc2cccs2)s1. The average molecular weight is 328 g/mol. The van der Waals surface area contributed by atoms with Crippen molar-refractivity contribution in [3.8, 4) is 0 Å².